The van der Waals surface area contributed by atoms with E-state index in [1.165, 1.54) is 4.90 Å². The smallest absolute Gasteiger partial charge is 0.326 e. The van der Waals surface area contributed by atoms with E-state index < -0.39 is 12.0 Å². The van der Waals surface area contributed by atoms with Crippen molar-refractivity contribution in [2.75, 3.05) is 0 Å². The van der Waals surface area contributed by atoms with Crippen LogP contribution in [0.1, 0.15) is 44.3 Å². The first-order chi connectivity index (χ1) is 8.49. The Bertz CT molecular complexity index is 469. The zero-order chi connectivity index (χ0) is 13.3. The Balaban J connectivity index is 2.11. The number of nitrogens with zero attached hydrogens (tertiary/aromatic N) is 3. The largest absolute Gasteiger partial charge is 0.480 e. The van der Waals surface area contributed by atoms with Crippen LogP contribution in [0.15, 0.2) is 4.52 Å². The van der Waals surface area contributed by atoms with E-state index in [4.69, 9.17) is 9.63 Å². The number of carboxylic acids is 1. The summed E-state index contributed by atoms with van der Waals surface area (Å²) in [6, 6.07) is -0.785. The molecule has 1 aliphatic rings. The van der Waals surface area contributed by atoms with Crippen molar-refractivity contribution in [2.24, 2.45) is 0 Å². The molecule has 1 unspecified atom stereocenters. The van der Waals surface area contributed by atoms with E-state index in [-0.39, 0.29) is 30.7 Å². The molecule has 1 saturated heterocycles. The number of aromatic nitrogens is 2. The first kappa shape index (κ1) is 12.5. The molecule has 1 amide bonds. The minimum Gasteiger partial charge on any atom is -0.480 e. The van der Waals surface area contributed by atoms with E-state index >= 15 is 0 Å². The number of carbonyl (C=O) groups excluding carboxylic acids is 1. The van der Waals surface area contributed by atoms with Gasteiger partial charge in [0.25, 0.3) is 0 Å². The van der Waals surface area contributed by atoms with Crippen LogP contribution in [0.25, 0.3) is 0 Å². The van der Waals surface area contributed by atoms with Gasteiger partial charge in [-0.2, -0.15) is 4.98 Å². The SMILES string of the molecule is CC(C)c1noc(CN2C(=O)CCC2C(=O)O)n1. The third-order valence-corrected chi connectivity index (χ3v) is 2.92. The predicted octanol–water partition coefficient (Wildman–Crippen LogP) is 0.769. The van der Waals surface area contributed by atoms with E-state index in [2.05, 4.69) is 10.1 Å². The zero-order valence-corrected chi connectivity index (χ0v) is 10.3. The molecule has 1 aliphatic heterocycles. The molecule has 98 valence electrons. The molecule has 7 nitrogen and oxygen atoms in total. The first-order valence-electron chi connectivity index (χ1n) is 5.83. The number of hydrogen-bond acceptors (Lipinski definition) is 5. The van der Waals surface area contributed by atoms with Crippen LogP contribution in [0.2, 0.25) is 0 Å². The number of likely N-dealkylation sites (tertiary alicyclic amines) is 1. The van der Waals surface area contributed by atoms with E-state index in [1.54, 1.807) is 0 Å². The lowest BCUT2D eigenvalue weighted by Crippen LogP contribution is -2.38. The number of amides is 1. The molecule has 0 bridgehead atoms. The third kappa shape index (κ3) is 2.34. The molecule has 1 atom stereocenters. The summed E-state index contributed by atoms with van der Waals surface area (Å²) in [4.78, 5) is 28.0. The summed E-state index contributed by atoms with van der Waals surface area (Å²) in [6.07, 6.45) is 0.585. The maximum Gasteiger partial charge on any atom is 0.326 e. The molecule has 0 aromatic carbocycles. The maximum atomic E-state index is 11.6. The van der Waals surface area contributed by atoms with Gasteiger partial charge in [0.1, 0.15) is 12.6 Å². The van der Waals surface area contributed by atoms with Crippen molar-refractivity contribution in [3.8, 4) is 0 Å². The van der Waals surface area contributed by atoms with Crippen molar-refractivity contribution in [3.63, 3.8) is 0 Å². The van der Waals surface area contributed by atoms with Gasteiger partial charge in [0.2, 0.25) is 11.8 Å². The molecule has 0 radical (unpaired) electrons. The van der Waals surface area contributed by atoms with Crippen molar-refractivity contribution < 1.29 is 19.2 Å². The topological polar surface area (TPSA) is 96.5 Å². The van der Waals surface area contributed by atoms with Gasteiger partial charge in [-0.1, -0.05) is 19.0 Å². The molecular formula is C11H15N3O4. The second-order valence-corrected chi connectivity index (χ2v) is 4.62. The molecule has 18 heavy (non-hydrogen) atoms. The third-order valence-electron chi connectivity index (χ3n) is 2.92. The zero-order valence-electron chi connectivity index (χ0n) is 10.3. The molecule has 2 heterocycles. The van der Waals surface area contributed by atoms with Crippen LogP contribution in [0, 0.1) is 0 Å². The van der Waals surface area contributed by atoms with Gasteiger partial charge in [-0.05, 0) is 6.42 Å². The van der Waals surface area contributed by atoms with Gasteiger partial charge in [-0.3, -0.25) is 4.79 Å². The number of carbonyl (C=O) groups is 2. The summed E-state index contributed by atoms with van der Waals surface area (Å²) in [7, 11) is 0. The van der Waals surface area contributed by atoms with Gasteiger partial charge in [0.15, 0.2) is 5.82 Å². The van der Waals surface area contributed by atoms with Crippen LogP contribution >= 0.6 is 0 Å². The standard InChI is InChI=1S/C11H15N3O4/c1-6(2)10-12-8(18-13-10)5-14-7(11(16)17)3-4-9(14)15/h6-7H,3-5H2,1-2H3,(H,16,17). The van der Waals surface area contributed by atoms with Crippen LogP contribution in [0.4, 0.5) is 0 Å². The Morgan fingerprint density at radius 1 is 1.61 bits per heavy atom. The quantitative estimate of drug-likeness (QED) is 0.851. The van der Waals surface area contributed by atoms with Crippen LogP contribution in [-0.2, 0) is 16.1 Å². The fourth-order valence-electron chi connectivity index (χ4n) is 1.90. The van der Waals surface area contributed by atoms with E-state index in [1.807, 2.05) is 13.8 Å². The molecule has 1 aromatic rings. The lowest BCUT2D eigenvalue weighted by atomic mass is 10.2. The highest BCUT2D eigenvalue weighted by Crippen LogP contribution is 2.21. The molecule has 0 saturated carbocycles. The maximum absolute atomic E-state index is 11.6. The lowest BCUT2D eigenvalue weighted by molar-refractivity contribution is -0.146. The highest BCUT2D eigenvalue weighted by atomic mass is 16.5. The Labute approximate surface area is 104 Å². The molecule has 1 fully saturated rings. The number of aliphatic carboxylic acids is 1. The Hall–Kier alpha value is -1.92. The normalized spacial score (nSPS) is 19.8. The molecule has 1 aromatic heterocycles. The highest BCUT2D eigenvalue weighted by molar-refractivity contribution is 5.87. The summed E-state index contributed by atoms with van der Waals surface area (Å²) in [6.45, 7) is 3.92. The van der Waals surface area contributed by atoms with Gasteiger partial charge in [-0.25, -0.2) is 4.79 Å². The summed E-state index contributed by atoms with van der Waals surface area (Å²) < 4.78 is 5.02. The first-order valence-corrected chi connectivity index (χ1v) is 5.83. The van der Waals surface area contributed by atoms with E-state index in [9.17, 15) is 9.59 Å². The second-order valence-electron chi connectivity index (χ2n) is 4.62. The fraction of sp³-hybridized carbons (Fsp3) is 0.636. The van der Waals surface area contributed by atoms with Crippen molar-refractivity contribution in [2.45, 2.75) is 45.2 Å². The van der Waals surface area contributed by atoms with Crippen molar-refractivity contribution in [1.29, 1.82) is 0 Å². The van der Waals surface area contributed by atoms with Crippen molar-refractivity contribution in [1.82, 2.24) is 15.0 Å². The molecule has 7 heteroatoms. The summed E-state index contributed by atoms with van der Waals surface area (Å²) in [5.41, 5.74) is 0. The number of carboxylic acid groups (broad SMARTS) is 1. The van der Waals surface area contributed by atoms with Crippen molar-refractivity contribution in [3.05, 3.63) is 11.7 Å². The molecular weight excluding hydrogens is 238 g/mol. The van der Waals surface area contributed by atoms with Crippen LogP contribution < -0.4 is 0 Å². The van der Waals surface area contributed by atoms with Crippen LogP contribution in [0.3, 0.4) is 0 Å². The Morgan fingerprint density at radius 3 is 2.89 bits per heavy atom. The van der Waals surface area contributed by atoms with Gasteiger partial charge < -0.3 is 14.5 Å². The minimum atomic E-state index is -0.996. The highest BCUT2D eigenvalue weighted by Gasteiger charge is 2.36. The average molecular weight is 253 g/mol. The van der Waals surface area contributed by atoms with Gasteiger partial charge in [-0.15, -0.1) is 0 Å². The molecule has 2 rings (SSSR count). The predicted molar refractivity (Wildman–Crippen MR) is 59.6 cm³/mol. The second kappa shape index (κ2) is 4.75. The average Bonchev–Trinajstić information content (AvgIpc) is 2.88. The van der Waals surface area contributed by atoms with Gasteiger partial charge >= 0.3 is 5.97 Å². The van der Waals surface area contributed by atoms with Crippen LogP contribution in [-0.4, -0.2) is 38.1 Å². The molecule has 0 aliphatic carbocycles. The summed E-state index contributed by atoms with van der Waals surface area (Å²) in [5, 5.41) is 12.8. The van der Waals surface area contributed by atoms with Crippen molar-refractivity contribution >= 4 is 11.9 Å². The Morgan fingerprint density at radius 2 is 2.33 bits per heavy atom. The Kier molecular flexibility index (Phi) is 3.31. The molecule has 0 spiro atoms. The number of rotatable bonds is 4. The monoisotopic (exact) mass is 253 g/mol. The minimum absolute atomic E-state index is 0.0650. The van der Waals surface area contributed by atoms with Crippen LogP contribution in [0.5, 0.6) is 0 Å². The van der Waals surface area contributed by atoms with Gasteiger partial charge in [0, 0.05) is 12.3 Å². The molecule has 1 N–H and O–H groups in total. The number of hydrogen-bond donors (Lipinski definition) is 1. The fourth-order valence-corrected chi connectivity index (χ4v) is 1.90. The summed E-state index contributed by atoms with van der Waals surface area (Å²) in [5.74, 6) is -0.216. The van der Waals surface area contributed by atoms with E-state index in [0.29, 0.717) is 12.2 Å². The summed E-state index contributed by atoms with van der Waals surface area (Å²) >= 11 is 0. The van der Waals surface area contributed by atoms with Gasteiger partial charge in [0.05, 0.1) is 0 Å². The lowest BCUT2D eigenvalue weighted by Gasteiger charge is -2.19. The van der Waals surface area contributed by atoms with E-state index in [0.717, 1.165) is 0 Å².